The zero-order valence-corrected chi connectivity index (χ0v) is 11.3. The average Bonchev–Trinajstić information content (AvgIpc) is 2.94. The molecule has 98 valence electrons. The van der Waals surface area contributed by atoms with E-state index in [0.29, 0.717) is 17.1 Å². The highest BCUT2D eigenvalue weighted by Crippen LogP contribution is 2.14. The molecule has 0 aliphatic heterocycles. The molecule has 20 heavy (non-hydrogen) atoms. The van der Waals surface area contributed by atoms with Crippen LogP contribution in [0.2, 0.25) is 0 Å². The normalized spacial score (nSPS) is 10.3. The molecule has 3 aromatic rings. The second-order valence-corrected chi connectivity index (χ2v) is 5.14. The molecule has 0 aliphatic carbocycles. The van der Waals surface area contributed by atoms with Crippen LogP contribution in [-0.2, 0) is 6.54 Å². The quantitative estimate of drug-likeness (QED) is 0.725. The SMILES string of the molecule is C#Cc1cccc(NCc2nc3ccsc3c(=O)[nH]2)c1. The molecule has 4 nitrogen and oxygen atoms in total. The summed E-state index contributed by atoms with van der Waals surface area (Å²) in [4.78, 5) is 19.0. The van der Waals surface area contributed by atoms with Gasteiger partial charge in [-0.2, -0.15) is 0 Å². The molecule has 2 heterocycles. The van der Waals surface area contributed by atoms with Gasteiger partial charge in [0.05, 0.1) is 12.1 Å². The van der Waals surface area contributed by atoms with E-state index in [9.17, 15) is 4.79 Å². The van der Waals surface area contributed by atoms with E-state index >= 15 is 0 Å². The number of H-pyrrole nitrogens is 1. The number of aromatic amines is 1. The maximum Gasteiger partial charge on any atom is 0.268 e. The second-order valence-electron chi connectivity index (χ2n) is 4.23. The summed E-state index contributed by atoms with van der Waals surface area (Å²) in [5.74, 6) is 3.19. The van der Waals surface area contributed by atoms with Gasteiger partial charge >= 0.3 is 0 Å². The lowest BCUT2D eigenvalue weighted by Crippen LogP contribution is -2.13. The minimum atomic E-state index is -0.0980. The van der Waals surface area contributed by atoms with E-state index < -0.39 is 0 Å². The Kier molecular flexibility index (Phi) is 3.23. The average molecular weight is 281 g/mol. The molecular weight excluding hydrogens is 270 g/mol. The predicted octanol–water partition coefficient (Wildman–Crippen LogP) is 2.58. The Hall–Kier alpha value is -2.58. The highest BCUT2D eigenvalue weighted by atomic mass is 32.1. The Morgan fingerprint density at radius 1 is 1.40 bits per heavy atom. The number of fused-ring (bicyclic) bond motifs is 1. The minimum absolute atomic E-state index is 0.0980. The van der Waals surface area contributed by atoms with Crippen molar-refractivity contribution in [1.82, 2.24) is 9.97 Å². The summed E-state index contributed by atoms with van der Waals surface area (Å²) in [6.45, 7) is 0.440. The minimum Gasteiger partial charge on any atom is -0.378 e. The van der Waals surface area contributed by atoms with Crippen molar-refractivity contribution in [2.24, 2.45) is 0 Å². The van der Waals surface area contributed by atoms with Crippen LogP contribution in [0.25, 0.3) is 10.2 Å². The lowest BCUT2D eigenvalue weighted by Gasteiger charge is -2.06. The van der Waals surface area contributed by atoms with Crippen molar-refractivity contribution in [2.75, 3.05) is 5.32 Å². The van der Waals surface area contributed by atoms with Crippen molar-refractivity contribution < 1.29 is 0 Å². The first kappa shape index (κ1) is 12.5. The Morgan fingerprint density at radius 3 is 3.15 bits per heavy atom. The van der Waals surface area contributed by atoms with Gasteiger partial charge in [-0.25, -0.2) is 4.98 Å². The van der Waals surface area contributed by atoms with E-state index in [2.05, 4.69) is 21.2 Å². The molecule has 2 aromatic heterocycles. The molecule has 0 spiro atoms. The van der Waals surface area contributed by atoms with E-state index in [0.717, 1.165) is 16.8 Å². The fourth-order valence-corrected chi connectivity index (χ4v) is 2.64. The molecule has 2 N–H and O–H groups in total. The summed E-state index contributed by atoms with van der Waals surface area (Å²) in [6.07, 6.45) is 5.36. The van der Waals surface area contributed by atoms with Crippen molar-refractivity contribution >= 4 is 27.2 Å². The van der Waals surface area contributed by atoms with Crippen molar-refractivity contribution in [3.8, 4) is 12.3 Å². The second kappa shape index (κ2) is 5.19. The zero-order valence-electron chi connectivity index (χ0n) is 10.5. The molecule has 0 saturated heterocycles. The molecule has 0 atom stereocenters. The summed E-state index contributed by atoms with van der Waals surface area (Å²) in [5.41, 5.74) is 2.34. The van der Waals surface area contributed by atoms with Crippen LogP contribution in [-0.4, -0.2) is 9.97 Å². The van der Waals surface area contributed by atoms with Gasteiger partial charge < -0.3 is 10.3 Å². The van der Waals surface area contributed by atoms with Crippen LogP contribution in [0.1, 0.15) is 11.4 Å². The van der Waals surface area contributed by atoms with Gasteiger partial charge in [-0.15, -0.1) is 17.8 Å². The third-order valence-electron chi connectivity index (χ3n) is 2.85. The Morgan fingerprint density at radius 2 is 2.30 bits per heavy atom. The van der Waals surface area contributed by atoms with E-state index in [1.807, 2.05) is 35.7 Å². The van der Waals surface area contributed by atoms with Crippen LogP contribution in [0.4, 0.5) is 5.69 Å². The first-order valence-electron chi connectivity index (χ1n) is 6.03. The molecule has 0 unspecified atom stereocenters. The molecule has 1 aromatic carbocycles. The lowest BCUT2D eigenvalue weighted by molar-refractivity contribution is 0.955. The number of aromatic nitrogens is 2. The molecule has 5 heteroatoms. The number of rotatable bonds is 3. The molecule has 0 amide bonds. The lowest BCUT2D eigenvalue weighted by atomic mass is 10.2. The summed E-state index contributed by atoms with van der Waals surface area (Å²) in [5, 5.41) is 5.06. The van der Waals surface area contributed by atoms with Crippen LogP contribution in [0.5, 0.6) is 0 Å². The highest BCUT2D eigenvalue weighted by Gasteiger charge is 2.04. The van der Waals surface area contributed by atoms with Gasteiger partial charge in [-0.1, -0.05) is 12.0 Å². The molecule has 0 aliphatic rings. The summed E-state index contributed by atoms with van der Waals surface area (Å²) in [6, 6.07) is 9.39. The fraction of sp³-hybridized carbons (Fsp3) is 0.0667. The summed E-state index contributed by atoms with van der Waals surface area (Å²) < 4.78 is 0.656. The maximum absolute atomic E-state index is 11.8. The van der Waals surface area contributed by atoms with Crippen LogP contribution < -0.4 is 10.9 Å². The van der Waals surface area contributed by atoms with Crippen LogP contribution in [0.3, 0.4) is 0 Å². The number of terminal acetylenes is 1. The molecule has 3 rings (SSSR count). The van der Waals surface area contributed by atoms with Crippen molar-refractivity contribution in [2.45, 2.75) is 6.54 Å². The largest absolute Gasteiger partial charge is 0.378 e. The number of thiophene rings is 1. The topological polar surface area (TPSA) is 57.8 Å². The Bertz CT molecular complexity index is 857. The number of hydrogen-bond donors (Lipinski definition) is 2. The maximum atomic E-state index is 11.8. The van der Waals surface area contributed by atoms with Crippen LogP contribution in [0, 0.1) is 12.3 Å². The third kappa shape index (κ3) is 2.42. The van der Waals surface area contributed by atoms with Crippen molar-refractivity contribution in [3.63, 3.8) is 0 Å². The highest BCUT2D eigenvalue weighted by molar-refractivity contribution is 7.17. The predicted molar refractivity (Wildman–Crippen MR) is 81.9 cm³/mol. The third-order valence-corrected chi connectivity index (χ3v) is 3.76. The molecule has 0 fully saturated rings. The van der Waals surface area contributed by atoms with Crippen LogP contribution in [0.15, 0.2) is 40.5 Å². The van der Waals surface area contributed by atoms with Gasteiger partial charge in [0.1, 0.15) is 10.5 Å². The van der Waals surface area contributed by atoms with Crippen LogP contribution >= 0.6 is 11.3 Å². The van der Waals surface area contributed by atoms with Crippen molar-refractivity contribution in [3.05, 3.63) is 57.5 Å². The van der Waals surface area contributed by atoms with Gasteiger partial charge in [-0.3, -0.25) is 4.79 Å². The monoisotopic (exact) mass is 281 g/mol. The number of hydrogen-bond acceptors (Lipinski definition) is 4. The van der Waals surface area contributed by atoms with E-state index in [1.165, 1.54) is 11.3 Å². The number of anilines is 1. The number of benzene rings is 1. The fourth-order valence-electron chi connectivity index (χ4n) is 1.91. The van der Waals surface area contributed by atoms with Gasteiger partial charge in [0.15, 0.2) is 0 Å². The standard InChI is InChI=1S/C15H11N3OS/c1-2-10-4-3-5-11(8-10)16-9-13-17-12-6-7-20-14(12)15(19)18-13/h1,3-8,16H,9H2,(H,17,18,19). The molecule has 0 saturated carbocycles. The smallest absolute Gasteiger partial charge is 0.268 e. The van der Waals surface area contributed by atoms with Gasteiger partial charge in [0, 0.05) is 11.3 Å². The summed E-state index contributed by atoms with van der Waals surface area (Å²) in [7, 11) is 0. The van der Waals surface area contributed by atoms with E-state index in [-0.39, 0.29) is 5.56 Å². The molecular formula is C15H11N3OS. The first-order valence-corrected chi connectivity index (χ1v) is 6.91. The zero-order chi connectivity index (χ0) is 13.9. The number of nitrogens with zero attached hydrogens (tertiary/aromatic N) is 1. The van der Waals surface area contributed by atoms with E-state index in [1.54, 1.807) is 0 Å². The Balaban J connectivity index is 1.83. The van der Waals surface area contributed by atoms with Crippen molar-refractivity contribution in [1.29, 1.82) is 0 Å². The molecule has 0 bridgehead atoms. The van der Waals surface area contributed by atoms with Gasteiger partial charge in [0.25, 0.3) is 5.56 Å². The number of nitrogens with one attached hydrogen (secondary N) is 2. The first-order chi connectivity index (χ1) is 9.76. The molecule has 0 radical (unpaired) electrons. The van der Waals surface area contributed by atoms with E-state index in [4.69, 9.17) is 6.42 Å². The Labute approximate surface area is 119 Å². The van der Waals surface area contributed by atoms with Gasteiger partial charge in [0.2, 0.25) is 0 Å². The van der Waals surface area contributed by atoms with Gasteiger partial charge in [-0.05, 0) is 29.6 Å². The summed E-state index contributed by atoms with van der Waals surface area (Å²) >= 11 is 1.39.